The molecule has 2 aromatic rings. The van der Waals surface area contributed by atoms with E-state index in [4.69, 9.17) is 4.74 Å². The molecule has 7 nitrogen and oxygen atoms in total. The molecular weight excluding hydrogens is 420 g/mol. The summed E-state index contributed by atoms with van der Waals surface area (Å²) in [7, 11) is 0. The van der Waals surface area contributed by atoms with Crippen LogP contribution in [0.15, 0.2) is 18.2 Å². The van der Waals surface area contributed by atoms with Crippen LogP contribution in [0.3, 0.4) is 0 Å². The van der Waals surface area contributed by atoms with Crippen LogP contribution in [-0.2, 0) is 22.5 Å². The maximum Gasteiger partial charge on any atom is 0.294 e. The first-order valence-corrected chi connectivity index (χ1v) is 10.6. The monoisotopic (exact) mass is 445 g/mol. The van der Waals surface area contributed by atoms with Gasteiger partial charge in [-0.3, -0.25) is 14.4 Å². The van der Waals surface area contributed by atoms with E-state index in [2.05, 4.69) is 10.6 Å². The van der Waals surface area contributed by atoms with Crippen molar-refractivity contribution in [2.45, 2.75) is 51.6 Å². The Morgan fingerprint density at radius 1 is 1.12 bits per heavy atom. The number of carbonyl (C=O) groups is 3. The summed E-state index contributed by atoms with van der Waals surface area (Å²) in [5.41, 5.74) is 1.13. The number of anilines is 1. The number of amides is 2. The van der Waals surface area contributed by atoms with Gasteiger partial charge in [0.15, 0.2) is 11.6 Å². The predicted molar refractivity (Wildman–Crippen MR) is 113 cm³/mol. The molecule has 2 aliphatic heterocycles. The van der Waals surface area contributed by atoms with Crippen LogP contribution in [0.1, 0.15) is 58.3 Å². The average Bonchev–Trinajstić information content (AvgIpc) is 3.30. The van der Waals surface area contributed by atoms with Gasteiger partial charge >= 0.3 is 0 Å². The highest BCUT2D eigenvalue weighted by Gasteiger charge is 2.36. The molecule has 0 bridgehead atoms. The Morgan fingerprint density at radius 3 is 2.53 bits per heavy atom. The zero-order valence-corrected chi connectivity index (χ0v) is 18.0. The topological polar surface area (TPSA) is 89.4 Å². The molecule has 0 radical (unpaired) electrons. The molecule has 1 aromatic carbocycles. The van der Waals surface area contributed by atoms with Crippen LogP contribution in [0.25, 0.3) is 0 Å². The zero-order valence-electron chi connectivity index (χ0n) is 18.0. The number of rotatable bonds is 5. The maximum atomic E-state index is 13.5. The number of halogens is 2. The smallest absolute Gasteiger partial charge is 0.294 e. The van der Waals surface area contributed by atoms with Gasteiger partial charge in [-0.05, 0) is 57.2 Å². The van der Waals surface area contributed by atoms with Crippen LogP contribution in [0, 0.1) is 18.6 Å². The van der Waals surface area contributed by atoms with Gasteiger partial charge in [-0.25, -0.2) is 8.78 Å². The number of fused-ring (bicyclic) bond motifs is 1. The van der Waals surface area contributed by atoms with E-state index in [9.17, 15) is 23.2 Å². The first-order chi connectivity index (χ1) is 15.2. The molecule has 170 valence electrons. The first-order valence-electron chi connectivity index (χ1n) is 10.6. The second-order valence-corrected chi connectivity index (χ2v) is 8.59. The van der Waals surface area contributed by atoms with Crippen LogP contribution < -0.4 is 10.6 Å². The summed E-state index contributed by atoms with van der Waals surface area (Å²) in [5, 5.41) is 5.41. The standard InChI is InChI=1S/C23H25F2N3O4/c1-13-18(21(30)26-14-5-6-15(24)16(25)12-14)17-4-3-9-28(17)19(13)20(29)22(31)27-23(2)7-10-32-11-8-23/h5-6,12H,3-4,7-11H2,1-2H3,(H,26,30)(H,27,31). The number of nitrogens with one attached hydrogen (secondary N) is 2. The molecular formula is C23H25F2N3O4. The van der Waals surface area contributed by atoms with Gasteiger partial charge in [-0.2, -0.15) is 0 Å². The highest BCUT2D eigenvalue weighted by atomic mass is 19.2. The van der Waals surface area contributed by atoms with Crippen molar-refractivity contribution in [2.75, 3.05) is 18.5 Å². The van der Waals surface area contributed by atoms with Crippen LogP contribution in [0.2, 0.25) is 0 Å². The number of nitrogens with zero attached hydrogens (tertiary/aromatic N) is 1. The third-order valence-electron chi connectivity index (χ3n) is 6.25. The minimum absolute atomic E-state index is 0.101. The van der Waals surface area contributed by atoms with Gasteiger partial charge in [0.1, 0.15) is 0 Å². The summed E-state index contributed by atoms with van der Waals surface area (Å²) in [4.78, 5) is 38.9. The van der Waals surface area contributed by atoms with Gasteiger partial charge in [0.25, 0.3) is 17.6 Å². The Hall–Kier alpha value is -3.07. The molecule has 3 heterocycles. The van der Waals surface area contributed by atoms with Crippen molar-refractivity contribution in [1.82, 2.24) is 9.88 Å². The molecule has 2 aliphatic rings. The zero-order chi connectivity index (χ0) is 23.0. The van der Waals surface area contributed by atoms with Crippen molar-refractivity contribution >= 4 is 23.3 Å². The Morgan fingerprint density at radius 2 is 1.84 bits per heavy atom. The van der Waals surface area contributed by atoms with Crippen LogP contribution in [0.5, 0.6) is 0 Å². The van der Waals surface area contributed by atoms with Crippen molar-refractivity contribution in [3.05, 3.63) is 52.3 Å². The van der Waals surface area contributed by atoms with Gasteiger partial charge in [-0.15, -0.1) is 0 Å². The number of carbonyl (C=O) groups excluding carboxylic acids is 3. The lowest BCUT2D eigenvalue weighted by molar-refractivity contribution is -0.119. The summed E-state index contributed by atoms with van der Waals surface area (Å²) < 4.78 is 33.8. The molecule has 0 unspecified atom stereocenters. The molecule has 0 atom stereocenters. The first kappa shape index (κ1) is 22.1. The Bertz CT molecular complexity index is 1100. The van der Waals surface area contributed by atoms with Crippen LogP contribution in [-0.4, -0.2) is 40.9 Å². The van der Waals surface area contributed by atoms with E-state index in [1.165, 1.54) is 6.07 Å². The molecule has 32 heavy (non-hydrogen) atoms. The van der Waals surface area contributed by atoms with Gasteiger partial charge in [0, 0.05) is 42.7 Å². The molecule has 1 saturated heterocycles. The van der Waals surface area contributed by atoms with Crippen molar-refractivity contribution in [3.63, 3.8) is 0 Å². The van der Waals surface area contributed by atoms with E-state index in [-0.39, 0.29) is 11.4 Å². The second-order valence-electron chi connectivity index (χ2n) is 8.59. The largest absolute Gasteiger partial charge is 0.381 e. The molecule has 1 fully saturated rings. The molecule has 0 saturated carbocycles. The number of Topliss-reactive ketones (excluding diaryl/α,β-unsaturated/α-hetero) is 1. The summed E-state index contributed by atoms with van der Waals surface area (Å²) in [6.45, 7) is 5.06. The van der Waals surface area contributed by atoms with Gasteiger partial charge < -0.3 is 19.9 Å². The normalized spacial score (nSPS) is 17.0. The Balaban J connectivity index is 1.61. The Labute approximate surface area is 184 Å². The summed E-state index contributed by atoms with van der Waals surface area (Å²) in [6.07, 6.45) is 2.53. The summed E-state index contributed by atoms with van der Waals surface area (Å²) in [6, 6.07) is 3.08. The average molecular weight is 445 g/mol. The fourth-order valence-electron chi connectivity index (χ4n) is 4.47. The minimum Gasteiger partial charge on any atom is -0.381 e. The Kier molecular flexibility index (Phi) is 5.85. The quantitative estimate of drug-likeness (QED) is 0.547. The highest BCUT2D eigenvalue weighted by molar-refractivity contribution is 6.43. The van der Waals surface area contributed by atoms with Gasteiger partial charge in [-0.1, -0.05) is 0 Å². The number of ether oxygens (including phenoxy) is 1. The summed E-state index contributed by atoms with van der Waals surface area (Å²) in [5.74, 6) is -4.02. The van der Waals surface area contributed by atoms with E-state index in [0.717, 1.165) is 18.6 Å². The van der Waals surface area contributed by atoms with Crippen molar-refractivity contribution in [3.8, 4) is 0 Å². The second kappa shape index (κ2) is 8.46. The van der Waals surface area contributed by atoms with E-state index in [0.29, 0.717) is 55.8 Å². The highest BCUT2D eigenvalue weighted by Crippen LogP contribution is 2.30. The third-order valence-corrected chi connectivity index (χ3v) is 6.25. The van der Waals surface area contributed by atoms with Crippen LogP contribution in [0.4, 0.5) is 14.5 Å². The van der Waals surface area contributed by atoms with Crippen LogP contribution >= 0.6 is 0 Å². The number of hydrogen-bond donors (Lipinski definition) is 2. The lowest BCUT2D eigenvalue weighted by atomic mass is 9.92. The number of hydrogen-bond acceptors (Lipinski definition) is 4. The van der Waals surface area contributed by atoms with Crippen molar-refractivity contribution < 1.29 is 27.9 Å². The molecule has 0 aliphatic carbocycles. The number of ketones is 1. The molecule has 0 spiro atoms. The fourth-order valence-corrected chi connectivity index (χ4v) is 4.47. The molecule has 4 rings (SSSR count). The molecule has 2 amide bonds. The van der Waals surface area contributed by atoms with Gasteiger partial charge in [0.05, 0.1) is 11.3 Å². The molecule has 1 aromatic heterocycles. The molecule has 9 heteroatoms. The lowest BCUT2D eigenvalue weighted by Crippen LogP contribution is -2.51. The third kappa shape index (κ3) is 4.04. The van der Waals surface area contributed by atoms with Crippen molar-refractivity contribution in [2.24, 2.45) is 0 Å². The van der Waals surface area contributed by atoms with E-state index in [1.807, 2.05) is 6.92 Å². The fraction of sp³-hybridized carbons (Fsp3) is 0.435. The lowest BCUT2D eigenvalue weighted by Gasteiger charge is -2.34. The maximum absolute atomic E-state index is 13.5. The predicted octanol–water partition coefficient (Wildman–Crippen LogP) is 3.14. The number of aromatic nitrogens is 1. The SMILES string of the molecule is Cc1c(C(=O)Nc2ccc(F)c(F)c2)c2n(c1C(=O)C(=O)NC1(C)CCOCC1)CCC2. The molecule has 2 N–H and O–H groups in total. The van der Waals surface area contributed by atoms with E-state index < -0.39 is 34.8 Å². The summed E-state index contributed by atoms with van der Waals surface area (Å²) >= 11 is 0. The van der Waals surface area contributed by atoms with Gasteiger partial charge in [0.2, 0.25) is 0 Å². The minimum atomic E-state index is -1.07. The number of benzene rings is 1. The van der Waals surface area contributed by atoms with Crippen molar-refractivity contribution in [1.29, 1.82) is 0 Å². The van der Waals surface area contributed by atoms with E-state index in [1.54, 1.807) is 11.5 Å². The van der Waals surface area contributed by atoms with E-state index >= 15 is 0 Å².